The standard InChI is InChI=1S/C11H10N2O2/c14-11(15)7-1-4-10-9(5-7)12-6-13(10)8-2-3-8/h1,4-6,8H,2-3H2,(H,14,15). The molecule has 3 rings (SSSR count). The molecule has 1 N–H and O–H groups in total. The second kappa shape index (κ2) is 2.82. The van der Waals surface area contributed by atoms with E-state index < -0.39 is 5.97 Å². The molecule has 76 valence electrons. The largest absolute Gasteiger partial charge is 0.478 e. The maximum absolute atomic E-state index is 10.8. The van der Waals surface area contributed by atoms with Crippen molar-refractivity contribution in [1.82, 2.24) is 9.55 Å². The predicted molar refractivity (Wildman–Crippen MR) is 55.0 cm³/mol. The van der Waals surface area contributed by atoms with Crippen LogP contribution >= 0.6 is 0 Å². The Kier molecular flexibility index (Phi) is 1.59. The Balaban J connectivity index is 2.17. The second-order valence-electron chi connectivity index (χ2n) is 3.89. The molecule has 0 bridgehead atoms. The van der Waals surface area contributed by atoms with E-state index in [1.165, 1.54) is 12.8 Å². The Morgan fingerprint density at radius 1 is 1.47 bits per heavy atom. The van der Waals surface area contributed by atoms with Gasteiger partial charge in [0.2, 0.25) is 0 Å². The van der Waals surface area contributed by atoms with Crippen molar-refractivity contribution in [1.29, 1.82) is 0 Å². The normalized spacial score (nSPS) is 15.7. The Morgan fingerprint density at radius 3 is 2.93 bits per heavy atom. The molecule has 0 amide bonds. The fourth-order valence-corrected chi connectivity index (χ4v) is 1.81. The number of carbonyl (C=O) groups is 1. The average molecular weight is 202 g/mol. The van der Waals surface area contributed by atoms with Crippen molar-refractivity contribution in [2.24, 2.45) is 0 Å². The summed E-state index contributed by atoms with van der Waals surface area (Å²) in [5.74, 6) is -0.905. The molecule has 4 heteroatoms. The van der Waals surface area contributed by atoms with Crippen LogP contribution in [0, 0.1) is 0 Å². The number of rotatable bonds is 2. The summed E-state index contributed by atoms with van der Waals surface area (Å²) in [6, 6.07) is 5.66. The Morgan fingerprint density at radius 2 is 2.27 bits per heavy atom. The molecular weight excluding hydrogens is 192 g/mol. The van der Waals surface area contributed by atoms with Crippen molar-refractivity contribution in [3.63, 3.8) is 0 Å². The molecule has 1 heterocycles. The molecule has 1 saturated carbocycles. The average Bonchev–Trinajstić information content (AvgIpc) is 2.98. The molecule has 0 aliphatic heterocycles. The molecule has 0 spiro atoms. The number of nitrogens with zero attached hydrogens (tertiary/aromatic N) is 2. The SMILES string of the molecule is O=C(O)c1ccc2c(c1)ncn2C1CC1. The first kappa shape index (κ1) is 8.47. The molecule has 1 aliphatic rings. The first-order valence-electron chi connectivity index (χ1n) is 4.95. The number of hydrogen-bond donors (Lipinski definition) is 1. The zero-order valence-corrected chi connectivity index (χ0v) is 8.05. The Bertz CT molecular complexity index is 541. The number of imidazole rings is 1. The van der Waals surface area contributed by atoms with Crippen molar-refractivity contribution < 1.29 is 9.90 Å². The van der Waals surface area contributed by atoms with Crippen LogP contribution in [-0.4, -0.2) is 20.6 Å². The lowest BCUT2D eigenvalue weighted by Crippen LogP contribution is -1.96. The maximum atomic E-state index is 10.8. The topological polar surface area (TPSA) is 55.1 Å². The predicted octanol–water partition coefficient (Wildman–Crippen LogP) is 2.07. The van der Waals surface area contributed by atoms with Gasteiger partial charge < -0.3 is 9.67 Å². The van der Waals surface area contributed by atoms with Gasteiger partial charge >= 0.3 is 5.97 Å². The third kappa shape index (κ3) is 1.29. The van der Waals surface area contributed by atoms with Crippen LogP contribution in [0.15, 0.2) is 24.5 Å². The number of carboxylic acid groups (broad SMARTS) is 1. The monoisotopic (exact) mass is 202 g/mol. The van der Waals surface area contributed by atoms with Crippen molar-refractivity contribution in [3.8, 4) is 0 Å². The minimum Gasteiger partial charge on any atom is -0.478 e. The summed E-state index contributed by atoms with van der Waals surface area (Å²) < 4.78 is 2.13. The quantitative estimate of drug-likeness (QED) is 0.811. The van der Waals surface area contributed by atoms with E-state index in [2.05, 4.69) is 9.55 Å². The summed E-state index contributed by atoms with van der Waals surface area (Å²) in [6.07, 6.45) is 4.20. The van der Waals surface area contributed by atoms with E-state index in [1.54, 1.807) is 18.5 Å². The molecule has 1 fully saturated rings. The van der Waals surface area contributed by atoms with Crippen molar-refractivity contribution in [2.45, 2.75) is 18.9 Å². The lowest BCUT2D eigenvalue weighted by Gasteiger charge is -2.00. The summed E-state index contributed by atoms with van der Waals surface area (Å²) in [5.41, 5.74) is 2.09. The van der Waals surface area contributed by atoms with Crippen LogP contribution < -0.4 is 0 Å². The summed E-state index contributed by atoms with van der Waals surface area (Å²) in [5, 5.41) is 8.84. The van der Waals surface area contributed by atoms with Gasteiger partial charge in [-0.2, -0.15) is 0 Å². The van der Waals surface area contributed by atoms with Crippen LogP contribution in [0.5, 0.6) is 0 Å². The number of aromatic carboxylic acids is 1. The summed E-state index contributed by atoms with van der Waals surface area (Å²) >= 11 is 0. The number of carboxylic acids is 1. The van der Waals surface area contributed by atoms with E-state index in [0.29, 0.717) is 11.6 Å². The van der Waals surface area contributed by atoms with Crippen molar-refractivity contribution in [3.05, 3.63) is 30.1 Å². The minimum atomic E-state index is -0.905. The highest BCUT2D eigenvalue weighted by Gasteiger charge is 2.24. The van der Waals surface area contributed by atoms with Gasteiger partial charge in [-0.3, -0.25) is 0 Å². The zero-order chi connectivity index (χ0) is 10.4. The molecule has 1 aliphatic carbocycles. The van der Waals surface area contributed by atoms with Gasteiger partial charge in [0.15, 0.2) is 0 Å². The van der Waals surface area contributed by atoms with Crippen molar-refractivity contribution >= 4 is 17.0 Å². The van der Waals surface area contributed by atoms with Gasteiger partial charge in [-0.15, -0.1) is 0 Å². The Labute approximate surface area is 86.2 Å². The molecule has 1 aromatic carbocycles. The molecule has 2 aromatic rings. The molecule has 0 radical (unpaired) electrons. The molecule has 0 atom stereocenters. The summed E-state index contributed by atoms with van der Waals surface area (Å²) in [6.45, 7) is 0. The van der Waals surface area contributed by atoms with E-state index in [-0.39, 0.29) is 0 Å². The zero-order valence-electron chi connectivity index (χ0n) is 8.05. The summed E-state index contributed by atoms with van der Waals surface area (Å²) in [7, 11) is 0. The lowest BCUT2D eigenvalue weighted by atomic mass is 10.2. The number of aromatic nitrogens is 2. The Hall–Kier alpha value is -1.84. The fraction of sp³-hybridized carbons (Fsp3) is 0.273. The number of hydrogen-bond acceptors (Lipinski definition) is 2. The van der Waals surface area contributed by atoms with Crippen LogP contribution in [0.4, 0.5) is 0 Å². The van der Waals surface area contributed by atoms with E-state index >= 15 is 0 Å². The highest BCUT2D eigenvalue weighted by molar-refractivity contribution is 5.92. The van der Waals surface area contributed by atoms with Crippen LogP contribution in [0.1, 0.15) is 29.2 Å². The molecule has 0 unspecified atom stereocenters. The smallest absolute Gasteiger partial charge is 0.335 e. The van der Waals surface area contributed by atoms with Gasteiger partial charge in [-0.1, -0.05) is 0 Å². The molecular formula is C11H10N2O2. The van der Waals surface area contributed by atoms with E-state index in [0.717, 1.165) is 11.0 Å². The molecule has 4 nitrogen and oxygen atoms in total. The first-order chi connectivity index (χ1) is 7.25. The first-order valence-corrected chi connectivity index (χ1v) is 4.95. The van der Waals surface area contributed by atoms with Crippen LogP contribution in [-0.2, 0) is 0 Å². The second-order valence-corrected chi connectivity index (χ2v) is 3.89. The van der Waals surface area contributed by atoms with Crippen LogP contribution in [0.25, 0.3) is 11.0 Å². The molecule has 0 saturated heterocycles. The third-order valence-corrected chi connectivity index (χ3v) is 2.76. The van der Waals surface area contributed by atoms with E-state index in [4.69, 9.17) is 5.11 Å². The van der Waals surface area contributed by atoms with Gasteiger partial charge in [-0.25, -0.2) is 9.78 Å². The van der Waals surface area contributed by atoms with E-state index in [9.17, 15) is 4.79 Å². The highest BCUT2D eigenvalue weighted by Crippen LogP contribution is 2.37. The highest BCUT2D eigenvalue weighted by atomic mass is 16.4. The fourth-order valence-electron chi connectivity index (χ4n) is 1.81. The molecule has 15 heavy (non-hydrogen) atoms. The van der Waals surface area contributed by atoms with Crippen LogP contribution in [0.2, 0.25) is 0 Å². The maximum Gasteiger partial charge on any atom is 0.335 e. The summed E-state index contributed by atoms with van der Waals surface area (Å²) in [4.78, 5) is 15.0. The number of fused-ring (bicyclic) bond motifs is 1. The van der Waals surface area contributed by atoms with Gasteiger partial charge in [0.1, 0.15) is 0 Å². The minimum absolute atomic E-state index is 0.295. The van der Waals surface area contributed by atoms with Gasteiger partial charge in [0, 0.05) is 6.04 Å². The van der Waals surface area contributed by atoms with Gasteiger partial charge in [0.05, 0.1) is 22.9 Å². The van der Waals surface area contributed by atoms with Gasteiger partial charge in [0.25, 0.3) is 0 Å². The number of benzene rings is 1. The molecule has 1 aromatic heterocycles. The van der Waals surface area contributed by atoms with E-state index in [1.807, 2.05) is 6.07 Å². The van der Waals surface area contributed by atoms with Crippen molar-refractivity contribution in [2.75, 3.05) is 0 Å². The lowest BCUT2D eigenvalue weighted by molar-refractivity contribution is 0.0697. The van der Waals surface area contributed by atoms with Gasteiger partial charge in [-0.05, 0) is 31.0 Å². The van der Waals surface area contributed by atoms with Crippen LogP contribution in [0.3, 0.4) is 0 Å². The third-order valence-electron chi connectivity index (χ3n) is 2.76.